The number of hydrogen-bond donors (Lipinski definition) is 2. The van der Waals surface area contributed by atoms with E-state index in [1.54, 1.807) is 52.9 Å². The Morgan fingerprint density at radius 1 is 0.955 bits per heavy atom. The zero-order valence-electron chi connectivity index (χ0n) is 38.4. The molecule has 14 nitrogen and oxygen atoms in total. The van der Waals surface area contributed by atoms with E-state index in [0.717, 1.165) is 71.5 Å². The van der Waals surface area contributed by atoms with E-state index in [1.165, 1.54) is 5.69 Å². The Kier molecular flexibility index (Phi) is 13.4. The molecule has 2 saturated heterocycles. The SMILES string of the molecule is C=C/C=C\C.Cc1ncsc1-c1ccc(CNC(=O)C2CCCN2C(=O)C(c2cc(-c3cnc(N4CCC(c5cc6nnc(-c7ccccc7O)cc6n5C5CC5)C4)nc3)no2)C(C)C)cc1. The van der Waals surface area contributed by atoms with Crippen molar-refractivity contribution in [1.29, 1.82) is 0 Å². The largest absolute Gasteiger partial charge is 0.507 e. The number of rotatable bonds is 13. The minimum Gasteiger partial charge on any atom is -0.507 e. The smallest absolute Gasteiger partial charge is 0.243 e. The first kappa shape index (κ1) is 45.2. The third kappa shape index (κ3) is 9.64. The molecule has 3 atom stereocenters. The van der Waals surface area contributed by atoms with Crippen LogP contribution < -0.4 is 10.2 Å². The van der Waals surface area contributed by atoms with Gasteiger partial charge in [-0.2, -0.15) is 0 Å². The highest BCUT2D eigenvalue weighted by molar-refractivity contribution is 7.13. The summed E-state index contributed by atoms with van der Waals surface area (Å²) < 4.78 is 8.31. The Bertz CT molecular complexity index is 2900. The zero-order chi connectivity index (χ0) is 46.6. The van der Waals surface area contributed by atoms with Gasteiger partial charge in [-0.25, -0.2) is 15.0 Å². The molecule has 1 aliphatic carbocycles. The van der Waals surface area contributed by atoms with E-state index in [0.29, 0.717) is 59.8 Å². The van der Waals surface area contributed by atoms with E-state index >= 15 is 0 Å². The molecular formula is C52H56N10O4S. The molecule has 5 aromatic heterocycles. The number of aryl methyl sites for hydroxylation is 1. The topological polar surface area (TPSA) is 168 Å². The van der Waals surface area contributed by atoms with Gasteiger partial charge in [-0.15, -0.1) is 21.5 Å². The molecule has 344 valence electrons. The second kappa shape index (κ2) is 19.8. The molecule has 0 bridgehead atoms. The Labute approximate surface area is 394 Å². The number of amides is 2. The normalized spacial score (nSPS) is 17.6. The van der Waals surface area contributed by atoms with Crippen LogP contribution in [0.5, 0.6) is 5.75 Å². The summed E-state index contributed by atoms with van der Waals surface area (Å²) in [7, 11) is 0. The summed E-state index contributed by atoms with van der Waals surface area (Å²) in [5.74, 6) is 0.562. The third-order valence-corrected chi connectivity index (χ3v) is 13.9. The van der Waals surface area contributed by atoms with Crippen molar-refractivity contribution in [2.45, 2.75) is 90.3 Å². The summed E-state index contributed by atoms with van der Waals surface area (Å²) in [6, 6.07) is 21.3. The number of likely N-dealkylation sites (tertiary alicyclic amines) is 1. The molecule has 7 aromatic rings. The lowest BCUT2D eigenvalue weighted by molar-refractivity contribution is -0.140. The Balaban J connectivity index is 0.00000107. The van der Waals surface area contributed by atoms with Crippen LogP contribution in [-0.2, 0) is 16.1 Å². The average Bonchev–Trinajstić information content (AvgIpc) is 3.91. The van der Waals surface area contributed by atoms with Gasteiger partial charge in [0.25, 0.3) is 0 Å². The molecule has 1 saturated carbocycles. The molecule has 3 aliphatic rings. The van der Waals surface area contributed by atoms with Crippen LogP contribution in [0, 0.1) is 12.8 Å². The van der Waals surface area contributed by atoms with Gasteiger partial charge in [-0.1, -0.05) is 80.2 Å². The Morgan fingerprint density at radius 2 is 1.75 bits per heavy atom. The molecule has 15 heteroatoms. The highest BCUT2D eigenvalue weighted by Crippen LogP contribution is 2.44. The third-order valence-electron chi connectivity index (χ3n) is 12.9. The molecule has 2 aliphatic heterocycles. The van der Waals surface area contributed by atoms with Gasteiger partial charge in [0.05, 0.1) is 27.3 Å². The molecule has 67 heavy (non-hydrogen) atoms. The molecule has 2 aromatic carbocycles. The number of aromatic hydroxyl groups is 1. The van der Waals surface area contributed by atoms with Crippen LogP contribution in [-0.4, -0.2) is 82.4 Å². The first-order chi connectivity index (χ1) is 32.6. The first-order valence-corrected chi connectivity index (χ1v) is 24.0. The standard InChI is InChI=1S/C47H48N10O4S.C5H8/c1-27(2)43(46(60)56-17-6-8-38(56)45(59)48-22-29-10-12-30(13-11-29)44-28(3)51-26-62-44)42-21-35(54-61-42)32-23-49-47(50-24-32)55-18-16-31(25-55)39-20-37-40(57(39)33-14-15-33)19-36(52-53-37)34-7-4-5-9-41(34)58;1-3-5-4-2/h4-5,7,9-13,19-21,23-24,26-27,31,33,38,43,58H,6,8,14-18,22,25H2,1-3H3,(H,48,59);3-5H,1H2,2H3/b;5-4-. The number of hydrogen-bond acceptors (Lipinski definition) is 12. The first-order valence-electron chi connectivity index (χ1n) is 23.1. The quantitative estimate of drug-likeness (QED) is 0.106. The highest BCUT2D eigenvalue weighted by Gasteiger charge is 2.40. The number of phenolic OH excluding ortho intramolecular Hbond substituents is 1. The number of benzene rings is 2. The number of fused-ring (bicyclic) bond motifs is 1. The lowest BCUT2D eigenvalue weighted by Crippen LogP contribution is -2.47. The Hall–Kier alpha value is -7.00. The van der Waals surface area contributed by atoms with Crippen molar-refractivity contribution in [3.63, 3.8) is 0 Å². The van der Waals surface area contributed by atoms with Gasteiger partial charge in [0, 0.05) is 73.4 Å². The monoisotopic (exact) mass is 916 g/mol. The molecule has 2 amide bonds. The van der Waals surface area contributed by atoms with Gasteiger partial charge >= 0.3 is 0 Å². The predicted octanol–water partition coefficient (Wildman–Crippen LogP) is 9.81. The molecular weight excluding hydrogens is 861 g/mol. The summed E-state index contributed by atoms with van der Waals surface area (Å²) in [5, 5.41) is 27.0. The van der Waals surface area contributed by atoms with E-state index in [4.69, 9.17) is 14.5 Å². The maximum Gasteiger partial charge on any atom is 0.243 e. The number of thiazole rings is 1. The lowest BCUT2D eigenvalue weighted by atomic mass is 9.91. The molecule has 0 radical (unpaired) electrons. The van der Waals surface area contributed by atoms with Crippen LogP contribution >= 0.6 is 11.3 Å². The van der Waals surface area contributed by atoms with E-state index < -0.39 is 12.0 Å². The van der Waals surface area contributed by atoms with Crippen molar-refractivity contribution in [2.24, 2.45) is 5.92 Å². The molecule has 2 N–H and O–H groups in total. The fourth-order valence-electron chi connectivity index (χ4n) is 9.30. The van der Waals surface area contributed by atoms with E-state index in [2.05, 4.69) is 66.0 Å². The number of anilines is 1. The van der Waals surface area contributed by atoms with Gasteiger partial charge in [0.1, 0.15) is 34.7 Å². The minimum atomic E-state index is -0.608. The summed E-state index contributed by atoms with van der Waals surface area (Å²) in [6.45, 7) is 13.9. The minimum absolute atomic E-state index is 0.0972. The van der Waals surface area contributed by atoms with Crippen molar-refractivity contribution in [1.82, 2.24) is 45.1 Å². The van der Waals surface area contributed by atoms with E-state index in [1.807, 2.05) is 69.6 Å². The van der Waals surface area contributed by atoms with Crippen LogP contribution in [0.25, 0.3) is 44.0 Å². The number of para-hydroxylation sites is 1. The number of aromatic nitrogens is 7. The highest BCUT2D eigenvalue weighted by atomic mass is 32.1. The van der Waals surface area contributed by atoms with Gasteiger partial charge in [0.15, 0.2) is 0 Å². The van der Waals surface area contributed by atoms with Gasteiger partial charge in [0.2, 0.25) is 17.8 Å². The molecule has 7 heterocycles. The molecule has 3 fully saturated rings. The van der Waals surface area contributed by atoms with Gasteiger partial charge < -0.3 is 29.3 Å². The average molecular weight is 917 g/mol. The summed E-state index contributed by atoms with van der Waals surface area (Å²) >= 11 is 1.61. The lowest BCUT2D eigenvalue weighted by Gasteiger charge is -2.29. The Morgan fingerprint density at radius 3 is 2.43 bits per heavy atom. The number of phenols is 1. The van der Waals surface area contributed by atoms with Gasteiger partial charge in [-0.05, 0) is 87.3 Å². The second-order valence-electron chi connectivity index (χ2n) is 17.9. The summed E-state index contributed by atoms with van der Waals surface area (Å²) in [6.07, 6.45) is 13.7. The van der Waals surface area contributed by atoms with Crippen molar-refractivity contribution in [3.8, 4) is 38.7 Å². The second-order valence-corrected chi connectivity index (χ2v) is 18.7. The van der Waals surface area contributed by atoms with Crippen molar-refractivity contribution < 1.29 is 19.2 Å². The molecule has 0 spiro atoms. The summed E-state index contributed by atoms with van der Waals surface area (Å²) in [5.41, 5.74) is 10.7. The number of carbonyl (C=O) groups excluding carboxylic acids is 2. The van der Waals surface area contributed by atoms with Gasteiger partial charge in [-0.3, -0.25) is 9.59 Å². The fourth-order valence-corrected chi connectivity index (χ4v) is 10.1. The van der Waals surface area contributed by atoms with Crippen LogP contribution in [0.1, 0.15) is 93.5 Å². The number of carbonyl (C=O) groups is 2. The number of allylic oxidation sites excluding steroid dienone is 3. The van der Waals surface area contributed by atoms with E-state index in [9.17, 15) is 14.7 Å². The summed E-state index contributed by atoms with van der Waals surface area (Å²) in [4.78, 5) is 46.7. The maximum absolute atomic E-state index is 14.2. The zero-order valence-corrected chi connectivity index (χ0v) is 39.2. The van der Waals surface area contributed by atoms with Crippen molar-refractivity contribution in [2.75, 3.05) is 24.5 Å². The fraction of sp³-hybridized carbons (Fsp3) is 0.346. The van der Waals surface area contributed by atoms with Crippen LogP contribution in [0.2, 0.25) is 0 Å². The molecule has 10 rings (SSSR count). The number of nitrogens with one attached hydrogen (secondary N) is 1. The van der Waals surface area contributed by atoms with Crippen LogP contribution in [0.4, 0.5) is 5.95 Å². The van der Waals surface area contributed by atoms with Crippen molar-refractivity contribution in [3.05, 3.63) is 132 Å². The maximum atomic E-state index is 14.2. The van der Waals surface area contributed by atoms with Crippen LogP contribution in [0.3, 0.4) is 0 Å². The predicted molar refractivity (Wildman–Crippen MR) is 261 cm³/mol. The molecule has 3 unspecified atom stereocenters. The van der Waals surface area contributed by atoms with E-state index in [-0.39, 0.29) is 29.4 Å². The number of nitrogens with zero attached hydrogens (tertiary/aromatic N) is 9. The van der Waals surface area contributed by atoms with Crippen LogP contribution in [0.15, 0.2) is 114 Å². The van der Waals surface area contributed by atoms with Crippen molar-refractivity contribution >= 4 is 40.1 Å².